The molecule has 0 saturated heterocycles. The first-order valence-corrected chi connectivity index (χ1v) is 7.40. The number of hydrogen-bond donors (Lipinski definition) is 1. The maximum Gasteiger partial charge on any atom is 0.137 e. The molecule has 0 aliphatic rings. The molecule has 4 nitrogen and oxygen atoms in total. The number of aromatic nitrogens is 2. The number of hydrogen-bond acceptors (Lipinski definition) is 4. The topological polar surface area (TPSA) is 55.0 Å². The molecule has 4 heteroatoms. The first-order chi connectivity index (χ1) is 9.01. The predicted octanol–water partition coefficient (Wildman–Crippen LogP) is 3.33. The van der Waals surface area contributed by atoms with E-state index < -0.39 is 0 Å². The SMILES string of the molecule is CCCCCN(c1nc(CC)nc(N)c1C)C(C)C. The van der Waals surface area contributed by atoms with Crippen LogP contribution in [0.4, 0.5) is 11.6 Å². The first-order valence-electron chi connectivity index (χ1n) is 7.40. The highest BCUT2D eigenvalue weighted by molar-refractivity contribution is 5.56. The van der Waals surface area contributed by atoms with Crippen LogP contribution in [0.1, 0.15) is 58.3 Å². The lowest BCUT2D eigenvalue weighted by atomic mass is 10.2. The standard InChI is InChI=1S/C15H28N4/c1-6-8-9-10-19(11(3)4)15-12(5)14(16)17-13(7-2)18-15/h11H,6-10H2,1-5H3,(H2,16,17,18). The molecule has 0 fully saturated rings. The van der Waals surface area contributed by atoms with Gasteiger partial charge in [0.1, 0.15) is 17.5 Å². The molecule has 0 spiro atoms. The van der Waals surface area contributed by atoms with Crippen LogP contribution in [0.2, 0.25) is 0 Å². The zero-order valence-corrected chi connectivity index (χ0v) is 13.0. The Kier molecular flexibility index (Phi) is 6.06. The monoisotopic (exact) mass is 264 g/mol. The summed E-state index contributed by atoms with van der Waals surface area (Å²) in [6.07, 6.45) is 4.50. The Labute approximate surface area is 117 Å². The summed E-state index contributed by atoms with van der Waals surface area (Å²) in [7, 11) is 0. The number of nitrogen functional groups attached to an aromatic ring is 1. The van der Waals surface area contributed by atoms with Crippen molar-refractivity contribution < 1.29 is 0 Å². The lowest BCUT2D eigenvalue weighted by Gasteiger charge is -2.29. The van der Waals surface area contributed by atoms with Crippen molar-refractivity contribution in [2.75, 3.05) is 17.2 Å². The highest BCUT2D eigenvalue weighted by Crippen LogP contribution is 2.24. The molecule has 0 bridgehead atoms. The van der Waals surface area contributed by atoms with Crippen LogP contribution in [0.5, 0.6) is 0 Å². The van der Waals surface area contributed by atoms with Crippen LogP contribution < -0.4 is 10.6 Å². The Bertz CT molecular complexity index is 401. The van der Waals surface area contributed by atoms with E-state index >= 15 is 0 Å². The molecular formula is C15H28N4. The van der Waals surface area contributed by atoms with Crippen LogP contribution in [0.15, 0.2) is 0 Å². The Balaban J connectivity index is 3.03. The van der Waals surface area contributed by atoms with Gasteiger partial charge in [-0.25, -0.2) is 9.97 Å². The minimum atomic E-state index is 0.426. The highest BCUT2D eigenvalue weighted by Gasteiger charge is 2.17. The molecule has 0 saturated carbocycles. The Morgan fingerprint density at radius 1 is 1.16 bits per heavy atom. The summed E-state index contributed by atoms with van der Waals surface area (Å²) in [5, 5.41) is 0. The number of anilines is 2. The van der Waals surface area contributed by atoms with Crippen molar-refractivity contribution in [1.82, 2.24) is 9.97 Å². The average molecular weight is 264 g/mol. The maximum absolute atomic E-state index is 6.01. The summed E-state index contributed by atoms with van der Waals surface area (Å²) < 4.78 is 0. The first kappa shape index (κ1) is 15.7. The van der Waals surface area contributed by atoms with Gasteiger partial charge < -0.3 is 10.6 Å². The van der Waals surface area contributed by atoms with Crippen molar-refractivity contribution in [2.24, 2.45) is 0 Å². The molecule has 0 unspecified atom stereocenters. The van der Waals surface area contributed by atoms with Gasteiger partial charge >= 0.3 is 0 Å². The van der Waals surface area contributed by atoms with E-state index in [2.05, 4.69) is 42.6 Å². The summed E-state index contributed by atoms with van der Waals surface area (Å²) in [5.74, 6) is 2.46. The molecule has 1 aromatic rings. The van der Waals surface area contributed by atoms with Crippen LogP contribution in [0.25, 0.3) is 0 Å². The molecule has 0 aliphatic heterocycles. The van der Waals surface area contributed by atoms with Gasteiger partial charge in [0.2, 0.25) is 0 Å². The molecule has 1 aromatic heterocycles. The van der Waals surface area contributed by atoms with E-state index in [1.807, 2.05) is 6.92 Å². The molecule has 2 N–H and O–H groups in total. The molecule has 108 valence electrons. The van der Waals surface area contributed by atoms with Crippen LogP contribution in [-0.4, -0.2) is 22.6 Å². The summed E-state index contributed by atoms with van der Waals surface area (Å²) >= 11 is 0. The van der Waals surface area contributed by atoms with E-state index in [0.717, 1.165) is 30.2 Å². The third-order valence-corrected chi connectivity index (χ3v) is 3.42. The summed E-state index contributed by atoms with van der Waals surface area (Å²) in [6.45, 7) is 11.7. The second kappa shape index (κ2) is 7.31. The summed E-state index contributed by atoms with van der Waals surface area (Å²) in [5.41, 5.74) is 7.01. The Morgan fingerprint density at radius 2 is 1.84 bits per heavy atom. The largest absolute Gasteiger partial charge is 0.383 e. The van der Waals surface area contributed by atoms with Crippen LogP contribution in [0.3, 0.4) is 0 Å². The van der Waals surface area contributed by atoms with Gasteiger partial charge in [-0.05, 0) is 27.2 Å². The van der Waals surface area contributed by atoms with Crippen molar-refractivity contribution in [2.45, 2.75) is 66.3 Å². The maximum atomic E-state index is 6.01. The average Bonchev–Trinajstić information content (AvgIpc) is 2.38. The molecule has 0 aliphatic carbocycles. The van der Waals surface area contributed by atoms with Crippen LogP contribution >= 0.6 is 0 Å². The summed E-state index contributed by atoms with van der Waals surface area (Å²) in [6, 6.07) is 0.426. The van der Waals surface area contributed by atoms with Gasteiger partial charge in [0.25, 0.3) is 0 Å². The molecule has 1 rings (SSSR count). The number of rotatable bonds is 7. The molecule has 0 amide bonds. The fourth-order valence-electron chi connectivity index (χ4n) is 2.15. The molecule has 0 aromatic carbocycles. The molecular weight excluding hydrogens is 236 g/mol. The Hall–Kier alpha value is -1.32. The molecule has 0 atom stereocenters. The lowest BCUT2D eigenvalue weighted by molar-refractivity contribution is 0.616. The van der Waals surface area contributed by atoms with Gasteiger partial charge in [0.15, 0.2) is 0 Å². The number of nitrogens with zero attached hydrogens (tertiary/aromatic N) is 3. The van der Waals surface area contributed by atoms with Crippen molar-refractivity contribution in [1.29, 1.82) is 0 Å². The number of aryl methyl sites for hydroxylation is 1. The number of unbranched alkanes of at least 4 members (excludes halogenated alkanes) is 2. The zero-order chi connectivity index (χ0) is 14.4. The van der Waals surface area contributed by atoms with Gasteiger partial charge in [-0.2, -0.15) is 0 Å². The highest BCUT2D eigenvalue weighted by atomic mass is 15.2. The zero-order valence-electron chi connectivity index (χ0n) is 13.0. The predicted molar refractivity (Wildman–Crippen MR) is 82.6 cm³/mol. The normalized spacial score (nSPS) is 11.1. The second-order valence-corrected chi connectivity index (χ2v) is 5.32. The lowest BCUT2D eigenvalue weighted by Crippen LogP contribution is -2.33. The van der Waals surface area contributed by atoms with Crippen molar-refractivity contribution in [3.05, 3.63) is 11.4 Å². The fourth-order valence-corrected chi connectivity index (χ4v) is 2.15. The van der Waals surface area contributed by atoms with Crippen LogP contribution in [-0.2, 0) is 6.42 Å². The summed E-state index contributed by atoms with van der Waals surface area (Å²) in [4.78, 5) is 11.4. The molecule has 1 heterocycles. The van der Waals surface area contributed by atoms with Gasteiger partial charge in [-0.15, -0.1) is 0 Å². The smallest absolute Gasteiger partial charge is 0.137 e. The van der Waals surface area contributed by atoms with Gasteiger partial charge in [0.05, 0.1) is 0 Å². The van der Waals surface area contributed by atoms with Crippen molar-refractivity contribution >= 4 is 11.6 Å². The van der Waals surface area contributed by atoms with E-state index in [-0.39, 0.29) is 0 Å². The van der Waals surface area contributed by atoms with E-state index in [1.54, 1.807) is 0 Å². The third kappa shape index (κ3) is 4.08. The minimum absolute atomic E-state index is 0.426. The van der Waals surface area contributed by atoms with E-state index in [1.165, 1.54) is 19.3 Å². The van der Waals surface area contributed by atoms with E-state index in [9.17, 15) is 0 Å². The molecule has 0 radical (unpaired) electrons. The second-order valence-electron chi connectivity index (χ2n) is 5.32. The van der Waals surface area contributed by atoms with Gasteiger partial charge in [-0.3, -0.25) is 0 Å². The number of nitrogens with two attached hydrogens (primary N) is 1. The minimum Gasteiger partial charge on any atom is -0.383 e. The van der Waals surface area contributed by atoms with Gasteiger partial charge in [-0.1, -0.05) is 26.7 Å². The fraction of sp³-hybridized carbons (Fsp3) is 0.733. The Morgan fingerprint density at radius 3 is 2.37 bits per heavy atom. The third-order valence-electron chi connectivity index (χ3n) is 3.42. The molecule has 19 heavy (non-hydrogen) atoms. The van der Waals surface area contributed by atoms with E-state index in [4.69, 9.17) is 5.73 Å². The van der Waals surface area contributed by atoms with Gasteiger partial charge in [0, 0.05) is 24.6 Å². The van der Waals surface area contributed by atoms with Crippen molar-refractivity contribution in [3.8, 4) is 0 Å². The van der Waals surface area contributed by atoms with Crippen molar-refractivity contribution in [3.63, 3.8) is 0 Å². The van der Waals surface area contributed by atoms with Crippen LogP contribution in [0, 0.1) is 6.92 Å². The quantitative estimate of drug-likeness (QED) is 0.767. The van der Waals surface area contributed by atoms with E-state index in [0.29, 0.717) is 11.9 Å².